The van der Waals surface area contributed by atoms with Gasteiger partial charge in [0.2, 0.25) is 10.0 Å². The van der Waals surface area contributed by atoms with Crippen LogP contribution < -0.4 is 15.2 Å². The molecule has 0 aliphatic rings. The smallest absolute Gasteiger partial charge is 0.419 e. The number of ether oxygens (including phenoxy) is 1. The van der Waals surface area contributed by atoms with E-state index in [1.807, 2.05) is 0 Å². The van der Waals surface area contributed by atoms with Crippen molar-refractivity contribution in [3.63, 3.8) is 0 Å². The van der Waals surface area contributed by atoms with Crippen LogP contribution in [0, 0.1) is 11.6 Å². The Labute approximate surface area is 290 Å². The van der Waals surface area contributed by atoms with Crippen molar-refractivity contribution in [1.29, 1.82) is 0 Å². The zero-order chi connectivity index (χ0) is 37.2. The van der Waals surface area contributed by atoms with Crippen LogP contribution in [0.25, 0.3) is 55.8 Å². The average Bonchev–Trinajstić information content (AvgIpc) is 3.63. The lowest BCUT2D eigenvalue weighted by Crippen LogP contribution is -2.29. The van der Waals surface area contributed by atoms with E-state index < -0.39 is 44.8 Å². The molecule has 1 N–H and O–H groups in total. The van der Waals surface area contributed by atoms with Gasteiger partial charge in [-0.1, -0.05) is 6.07 Å². The van der Waals surface area contributed by atoms with Crippen LogP contribution in [0.15, 0.2) is 76.1 Å². The molecule has 0 spiro atoms. The highest BCUT2D eigenvalue weighted by molar-refractivity contribution is 7.92. The number of anilines is 1. The summed E-state index contributed by atoms with van der Waals surface area (Å²) in [6, 6.07) is 13.7. The second-order valence-corrected chi connectivity index (χ2v) is 14.9. The van der Waals surface area contributed by atoms with Crippen molar-refractivity contribution in [1.82, 2.24) is 19.4 Å². The number of aromatic nitrogens is 3. The van der Waals surface area contributed by atoms with Crippen molar-refractivity contribution in [3.8, 4) is 34.0 Å². The number of rotatable bonds is 6. The van der Waals surface area contributed by atoms with Gasteiger partial charge in [0, 0.05) is 55.3 Å². The molecule has 6 aromatic rings. The van der Waals surface area contributed by atoms with Crippen molar-refractivity contribution in [2.24, 2.45) is 7.05 Å². The maximum absolute atomic E-state index is 15.1. The van der Waals surface area contributed by atoms with Crippen LogP contribution in [-0.4, -0.2) is 60.5 Å². The highest BCUT2D eigenvalue weighted by Gasteiger charge is 2.29. The predicted molar refractivity (Wildman–Crippen MR) is 189 cm³/mol. The van der Waals surface area contributed by atoms with E-state index in [1.54, 1.807) is 20.8 Å². The molecule has 0 aliphatic heterocycles. The molecular formula is C36H33F2N5O7S. The molecule has 0 saturated heterocycles. The lowest BCUT2D eigenvalue weighted by atomic mass is 10.0. The van der Waals surface area contributed by atoms with Gasteiger partial charge >= 0.3 is 6.09 Å². The Hall–Kier alpha value is -5.83. The van der Waals surface area contributed by atoms with E-state index in [2.05, 4.69) is 10.3 Å². The Kier molecular flexibility index (Phi) is 8.58. The Morgan fingerprint density at radius 2 is 1.71 bits per heavy atom. The highest BCUT2D eigenvalue weighted by atomic mass is 32.2. The summed E-state index contributed by atoms with van der Waals surface area (Å²) >= 11 is 0. The number of amides is 1. The van der Waals surface area contributed by atoms with E-state index in [1.165, 1.54) is 92.6 Å². The largest absolute Gasteiger partial charge is 0.455 e. The van der Waals surface area contributed by atoms with E-state index in [0.717, 1.165) is 15.1 Å². The molecule has 0 fully saturated rings. The van der Waals surface area contributed by atoms with Crippen molar-refractivity contribution >= 4 is 49.6 Å². The second kappa shape index (κ2) is 12.5. The maximum atomic E-state index is 15.1. The van der Waals surface area contributed by atoms with Crippen LogP contribution in [0.4, 0.5) is 19.3 Å². The van der Waals surface area contributed by atoms with Crippen molar-refractivity contribution in [2.45, 2.75) is 26.4 Å². The van der Waals surface area contributed by atoms with Crippen LogP contribution >= 0.6 is 0 Å². The van der Waals surface area contributed by atoms with Crippen LogP contribution in [-0.2, 0) is 21.8 Å². The van der Waals surface area contributed by atoms with E-state index in [-0.39, 0.29) is 61.5 Å². The van der Waals surface area contributed by atoms with E-state index in [4.69, 9.17) is 9.15 Å². The molecular weight excluding hydrogens is 684 g/mol. The minimum absolute atomic E-state index is 0.0356. The standard InChI is InChI=1S/C36H33F2N5O7S/c1-36(2,3)50-35(46)43-26-10-8-9-24(38)21(26)16-28(43)31-34(45)41(5)18-25(40-31)22-15-23-29(17-27(22)42(6)51(7,47)48)49-32(30(23)33(44)39-4)19-11-13-20(37)14-12-19/h8-18H,1-7H3,(H,39,44). The minimum Gasteiger partial charge on any atom is -0.455 e. The third-order valence-corrected chi connectivity index (χ3v) is 9.35. The first-order chi connectivity index (χ1) is 23.9. The predicted octanol–water partition coefficient (Wildman–Crippen LogP) is 6.30. The first-order valence-corrected chi connectivity index (χ1v) is 17.4. The highest BCUT2D eigenvalue weighted by Crippen LogP contribution is 2.41. The van der Waals surface area contributed by atoms with Gasteiger partial charge in [-0.25, -0.2) is 31.5 Å². The minimum atomic E-state index is -3.91. The SMILES string of the molecule is CNC(=O)c1c(-c2ccc(F)cc2)oc2cc(N(C)S(C)(=O)=O)c(-c3cn(C)c(=O)c(-c4cc5c(F)cccc5n4C(=O)OC(C)(C)C)n3)cc12. The van der Waals surface area contributed by atoms with Gasteiger partial charge in [-0.05, 0) is 69.3 Å². The molecule has 0 unspecified atom stereocenters. The molecule has 3 heterocycles. The van der Waals surface area contributed by atoms with Gasteiger partial charge in [0.1, 0.15) is 28.6 Å². The molecule has 0 aliphatic carbocycles. The number of sulfonamides is 1. The quantitative estimate of drug-likeness (QED) is 0.211. The van der Waals surface area contributed by atoms with Gasteiger partial charge in [0.25, 0.3) is 11.5 Å². The molecule has 15 heteroatoms. The summed E-state index contributed by atoms with van der Waals surface area (Å²) in [4.78, 5) is 45.4. The average molecular weight is 718 g/mol. The molecule has 0 saturated carbocycles. The number of carbonyl (C=O) groups excluding carboxylic acids is 2. The summed E-state index contributed by atoms with van der Waals surface area (Å²) in [6.07, 6.45) is 1.48. The lowest BCUT2D eigenvalue weighted by molar-refractivity contribution is 0.0546. The summed E-state index contributed by atoms with van der Waals surface area (Å²) in [5.74, 6) is -1.58. The van der Waals surface area contributed by atoms with Crippen molar-refractivity contribution < 1.29 is 35.9 Å². The first-order valence-electron chi connectivity index (χ1n) is 15.5. The molecule has 51 heavy (non-hydrogen) atoms. The van der Waals surface area contributed by atoms with Crippen LogP contribution in [0.5, 0.6) is 0 Å². The first kappa shape index (κ1) is 35.0. The summed E-state index contributed by atoms with van der Waals surface area (Å²) < 4.78 is 69.8. The van der Waals surface area contributed by atoms with Crippen LogP contribution in [0.2, 0.25) is 0 Å². The van der Waals surface area contributed by atoms with Gasteiger partial charge in [0.05, 0.1) is 34.4 Å². The van der Waals surface area contributed by atoms with Crippen LogP contribution in [0.3, 0.4) is 0 Å². The Balaban J connectivity index is 1.68. The number of carbonyl (C=O) groups is 2. The normalized spacial score (nSPS) is 12.0. The monoisotopic (exact) mass is 717 g/mol. The molecule has 3 aromatic heterocycles. The van der Waals surface area contributed by atoms with Crippen LogP contribution in [0.1, 0.15) is 31.1 Å². The number of hydrogen-bond acceptors (Lipinski definition) is 8. The third-order valence-electron chi connectivity index (χ3n) is 8.16. The second-order valence-electron chi connectivity index (χ2n) is 12.9. The fourth-order valence-corrected chi connectivity index (χ4v) is 6.22. The number of nitrogens with zero attached hydrogens (tertiary/aromatic N) is 4. The Morgan fingerprint density at radius 1 is 1.02 bits per heavy atom. The number of benzene rings is 3. The summed E-state index contributed by atoms with van der Waals surface area (Å²) in [5, 5.41) is 2.88. The van der Waals surface area contributed by atoms with E-state index >= 15 is 4.39 Å². The fraction of sp³-hybridized carbons (Fsp3) is 0.222. The maximum Gasteiger partial charge on any atom is 0.419 e. The summed E-state index contributed by atoms with van der Waals surface area (Å²) in [7, 11) is 0.276. The van der Waals surface area contributed by atoms with Gasteiger partial charge in [-0.3, -0.25) is 13.9 Å². The van der Waals surface area contributed by atoms with E-state index in [0.29, 0.717) is 5.56 Å². The van der Waals surface area contributed by atoms with Gasteiger partial charge in [-0.2, -0.15) is 0 Å². The molecule has 1 amide bonds. The van der Waals surface area contributed by atoms with E-state index in [9.17, 15) is 27.2 Å². The molecule has 12 nitrogen and oxygen atoms in total. The molecule has 0 bridgehead atoms. The Morgan fingerprint density at radius 3 is 2.33 bits per heavy atom. The van der Waals surface area contributed by atoms with Gasteiger partial charge < -0.3 is 19.0 Å². The fourth-order valence-electron chi connectivity index (χ4n) is 5.71. The number of halogens is 2. The number of aryl methyl sites for hydroxylation is 1. The molecule has 0 radical (unpaired) electrons. The number of hydrogen-bond donors (Lipinski definition) is 1. The number of fused-ring (bicyclic) bond motifs is 2. The van der Waals surface area contributed by atoms with Crippen molar-refractivity contribution in [3.05, 3.63) is 94.4 Å². The van der Waals surface area contributed by atoms with Gasteiger partial charge in [-0.15, -0.1) is 0 Å². The van der Waals surface area contributed by atoms with Crippen molar-refractivity contribution in [2.75, 3.05) is 24.7 Å². The number of nitrogens with one attached hydrogen (secondary N) is 1. The Bertz CT molecular complexity index is 2570. The summed E-state index contributed by atoms with van der Waals surface area (Å²) in [5.41, 5.74) is -0.907. The van der Waals surface area contributed by atoms with Gasteiger partial charge in [0.15, 0.2) is 5.69 Å². The zero-order valence-electron chi connectivity index (χ0n) is 28.7. The lowest BCUT2D eigenvalue weighted by Gasteiger charge is -2.22. The number of furan rings is 1. The topological polar surface area (TPSA) is 146 Å². The molecule has 3 aromatic carbocycles. The molecule has 0 atom stereocenters. The third kappa shape index (κ3) is 6.36. The molecule has 264 valence electrons. The summed E-state index contributed by atoms with van der Waals surface area (Å²) in [6.45, 7) is 4.99. The zero-order valence-corrected chi connectivity index (χ0v) is 29.5. The molecule has 6 rings (SSSR count).